The molecule has 0 spiro atoms. The second-order valence-electron chi connectivity index (χ2n) is 5.00. The van der Waals surface area contributed by atoms with Crippen LogP contribution in [0.3, 0.4) is 0 Å². The summed E-state index contributed by atoms with van der Waals surface area (Å²) in [6.45, 7) is 9.44. The topological polar surface area (TPSA) is 6.48 Å². The lowest BCUT2D eigenvalue weighted by atomic mass is 10.1. The fraction of sp³-hybridized carbons (Fsp3) is 0.571. The first kappa shape index (κ1) is 12.5. The minimum Gasteiger partial charge on any atom is -0.298 e. The molecule has 0 radical (unpaired) electrons. The zero-order valence-electron chi connectivity index (χ0n) is 10.7. The van der Waals surface area contributed by atoms with Crippen molar-refractivity contribution in [3.05, 3.63) is 35.6 Å². The van der Waals surface area contributed by atoms with Gasteiger partial charge in [-0.1, -0.05) is 18.2 Å². The molecule has 1 fully saturated rings. The van der Waals surface area contributed by atoms with Crippen LogP contribution >= 0.6 is 0 Å². The first-order valence-electron chi connectivity index (χ1n) is 6.36. The largest absolute Gasteiger partial charge is 0.298 e. The summed E-state index contributed by atoms with van der Waals surface area (Å²) in [5.74, 6) is -0.0845. The Morgan fingerprint density at radius 3 is 2.35 bits per heavy atom. The van der Waals surface area contributed by atoms with Gasteiger partial charge in [-0.2, -0.15) is 0 Å². The summed E-state index contributed by atoms with van der Waals surface area (Å²) in [5, 5.41) is 0. The number of piperazine rings is 1. The highest BCUT2D eigenvalue weighted by Gasteiger charge is 2.19. The minimum atomic E-state index is -0.0845. The van der Waals surface area contributed by atoms with E-state index in [9.17, 15) is 4.39 Å². The molecule has 0 aliphatic carbocycles. The average molecular weight is 236 g/mol. The van der Waals surface area contributed by atoms with Crippen molar-refractivity contribution in [2.45, 2.75) is 26.4 Å². The Morgan fingerprint density at radius 2 is 1.76 bits per heavy atom. The molecule has 0 aromatic heterocycles. The van der Waals surface area contributed by atoms with Gasteiger partial charge in [0.05, 0.1) is 0 Å². The molecule has 0 bridgehead atoms. The molecule has 17 heavy (non-hydrogen) atoms. The van der Waals surface area contributed by atoms with Crippen LogP contribution in [-0.2, 0) is 6.54 Å². The summed E-state index contributed by atoms with van der Waals surface area (Å²) in [5.41, 5.74) is 0.811. The van der Waals surface area contributed by atoms with Gasteiger partial charge in [-0.15, -0.1) is 0 Å². The lowest BCUT2D eigenvalue weighted by Crippen LogP contribution is -2.48. The second-order valence-corrected chi connectivity index (χ2v) is 5.00. The van der Waals surface area contributed by atoms with E-state index in [2.05, 4.69) is 23.6 Å². The molecular formula is C14H21FN2. The fourth-order valence-corrected chi connectivity index (χ4v) is 2.31. The van der Waals surface area contributed by atoms with Crippen molar-refractivity contribution in [3.8, 4) is 0 Å². The molecule has 0 unspecified atom stereocenters. The SMILES string of the molecule is CC(C)N1CCN(Cc2ccccc2F)CC1. The van der Waals surface area contributed by atoms with Gasteiger partial charge >= 0.3 is 0 Å². The highest BCUT2D eigenvalue weighted by Crippen LogP contribution is 2.12. The number of benzene rings is 1. The second kappa shape index (κ2) is 5.61. The van der Waals surface area contributed by atoms with Gasteiger partial charge in [0.25, 0.3) is 0 Å². The summed E-state index contributed by atoms with van der Waals surface area (Å²) in [6.07, 6.45) is 0. The van der Waals surface area contributed by atoms with Gasteiger partial charge < -0.3 is 0 Å². The molecule has 1 saturated heterocycles. The normalized spacial score (nSPS) is 18.8. The molecule has 2 rings (SSSR count). The summed E-state index contributed by atoms with van der Waals surface area (Å²) < 4.78 is 13.5. The molecule has 0 saturated carbocycles. The third-order valence-electron chi connectivity index (χ3n) is 3.49. The van der Waals surface area contributed by atoms with E-state index in [1.165, 1.54) is 0 Å². The Balaban J connectivity index is 1.88. The lowest BCUT2D eigenvalue weighted by molar-refractivity contribution is 0.103. The highest BCUT2D eigenvalue weighted by molar-refractivity contribution is 5.17. The van der Waals surface area contributed by atoms with Crippen molar-refractivity contribution < 1.29 is 4.39 Å². The number of rotatable bonds is 3. The van der Waals surface area contributed by atoms with Gasteiger partial charge in [0.15, 0.2) is 0 Å². The number of hydrogen-bond acceptors (Lipinski definition) is 2. The quantitative estimate of drug-likeness (QED) is 0.795. The Morgan fingerprint density at radius 1 is 1.12 bits per heavy atom. The van der Waals surface area contributed by atoms with Crippen LogP contribution in [0.5, 0.6) is 0 Å². The van der Waals surface area contributed by atoms with Crippen LogP contribution in [0.4, 0.5) is 4.39 Å². The minimum absolute atomic E-state index is 0.0845. The first-order chi connectivity index (χ1) is 8.16. The van der Waals surface area contributed by atoms with E-state index in [0.717, 1.165) is 38.3 Å². The van der Waals surface area contributed by atoms with Gasteiger partial charge in [0.1, 0.15) is 5.82 Å². The summed E-state index contributed by atoms with van der Waals surface area (Å²) in [7, 11) is 0. The Labute approximate surface area is 103 Å². The molecule has 0 amide bonds. The van der Waals surface area contributed by atoms with E-state index in [4.69, 9.17) is 0 Å². The number of hydrogen-bond donors (Lipinski definition) is 0. The van der Waals surface area contributed by atoms with Gasteiger partial charge in [0.2, 0.25) is 0 Å². The summed E-state index contributed by atoms with van der Waals surface area (Å²) >= 11 is 0. The fourth-order valence-electron chi connectivity index (χ4n) is 2.31. The Bertz CT molecular complexity index is 357. The molecule has 1 aromatic carbocycles. The van der Waals surface area contributed by atoms with Crippen molar-refractivity contribution in [1.82, 2.24) is 9.80 Å². The van der Waals surface area contributed by atoms with Gasteiger partial charge in [-0.05, 0) is 19.9 Å². The average Bonchev–Trinajstić information content (AvgIpc) is 2.33. The molecular weight excluding hydrogens is 215 g/mol. The van der Waals surface area contributed by atoms with Crippen molar-refractivity contribution in [3.63, 3.8) is 0 Å². The maximum Gasteiger partial charge on any atom is 0.127 e. The van der Waals surface area contributed by atoms with E-state index in [-0.39, 0.29) is 5.82 Å². The van der Waals surface area contributed by atoms with E-state index in [0.29, 0.717) is 6.04 Å². The van der Waals surface area contributed by atoms with Crippen LogP contribution < -0.4 is 0 Å². The van der Waals surface area contributed by atoms with E-state index < -0.39 is 0 Å². The molecule has 2 nitrogen and oxygen atoms in total. The number of nitrogens with zero attached hydrogens (tertiary/aromatic N) is 2. The van der Waals surface area contributed by atoms with Crippen molar-refractivity contribution >= 4 is 0 Å². The molecule has 0 N–H and O–H groups in total. The maximum absolute atomic E-state index is 13.5. The van der Waals surface area contributed by atoms with Crippen LogP contribution in [0, 0.1) is 5.82 Å². The summed E-state index contributed by atoms with van der Waals surface area (Å²) in [6, 6.07) is 7.69. The van der Waals surface area contributed by atoms with Gasteiger partial charge in [-0.3, -0.25) is 9.80 Å². The van der Waals surface area contributed by atoms with Crippen LogP contribution in [0.1, 0.15) is 19.4 Å². The first-order valence-corrected chi connectivity index (χ1v) is 6.36. The Kier molecular flexibility index (Phi) is 4.13. The predicted molar refractivity (Wildman–Crippen MR) is 68.4 cm³/mol. The van der Waals surface area contributed by atoms with Crippen LogP contribution in [-0.4, -0.2) is 42.0 Å². The third kappa shape index (κ3) is 3.27. The zero-order valence-corrected chi connectivity index (χ0v) is 10.7. The maximum atomic E-state index is 13.5. The van der Waals surface area contributed by atoms with E-state index in [1.807, 2.05) is 12.1 Å². The molecule has 0 atom stereocenters. The molecule has 1 aliphatic heterocycles. The molecule has 94 valence electrons. The van der Waals surface area contributed by atoms with Crippen molar-refractivity contribution in [2.24, 2.45) is 0 Å². The molecule has 1 heterocycles. The Hall–Kier alpha value is -0.930. The predicted octanol–water partition coefficient (Wildman–Crippen LogP) is 2.35. The summed E-state index contributed by atoms with van der Waals surface area (Å²) in [4.78, 5) is 4.80. The van der Waals surface area contributed by atoms with Crippen LogP contribution in [0.25, 0.3) is 0 Å². The smallest absolute Gasteiger partial charge is 0.127 e. The zero-order chi connectivity index (χ0) is 12.3. The van der Waals surface area contributed by atoms with Crippen molar-refractivity contribution in [2.75, 3.05) is 26.2 Å². The van der Waals surface area contributed by atoms with Gasteiger partial charge in [-0.25, -0.2) is 4.39 Å². The highest BCUT2D eigenvalue weighted by atomic mass is 19.1. The molecule has 1 aliphatic rings. The van der Waals surface area contributed by atoms with Crippen molar-refractivity contribution in [1.29, 1.82) is 0 Å². The van der Waals surface area contributed by atoms with Crippen LogP contribution in [0.15, 0.2) is 24.3 Å². The van der Waals surface area contributed by atoms with Gasteiger partial charge in [0, 0.05) is 44.3 Å². The monoisotopic (exact) mass is 236 g/mol. The lowest BCUT2D eigenvalue weighted by Gasteiger charge is -2.36. The molecule has 1 aromatic rings. The molecule has 3 heteroatoms. The third-order valence-corrected chi connectivity index (χ3v) is 3.49. The number of halogens is 1. The standard InChI is InChI=1S/C14H21FN2/c1-12(2)17-9-7-16(8-10-17)11-13-5-3-4-6-14(13)15/h3-6,12H,7-11H2,1-2H3. The van der Waals surface area contributed by atoms with E-state index >= 15 is 0 Å². The van der Waals surface area contributed by atoms with Crippen LogP contribution in [0.2, 0.25) is 0 Å². The van der Waals surface area contributed by atoms with E-state index in [1.54, 1.807) is 12.1 Å².